The van der Waals surface area contributed by atoms with Gasteiger partial charge in [0.2, 0.25) is 6.79 Å². The van der Waals surface area contributed by atoms with E-state index < -0.39 is 0 Å². The molecule has 0 N–H and O–H groups in total. The van der Waals surface area contributed by atoms with Crippen LogP contribution in [0.1, 0.15) is 33.4 Å². The number of fused-ring (bicyclic) bond motifs is 2. The van der Waals surface area contributed by atoms with Gasteiger partial charge >= 0.3 is 0 Å². The van der Waals surface area contributed by atoms with Crippen LogP contribution in [0.5, 0.6) is 11.5 Å². The quantitative estimate of drug-likeness (QED) is 0.441. The van der Waals surface area contributed by atoms with Crippen molar-refractivity contribution in [1.29, 1.82) is 0 Å². The predicted octanol–water partition coefficient (Wildman–Crippen LogP) is 4.96. The molecule has 8 heteroatoms. The van der Waals surface area contributed by atoms with E-state index in [9.17, 15) is 4.79 Å². The number of ether oxygens (including phenoxy) is 2. The summed E-state index contributed by atoms with van der Waals surface area (Å²) >= 11 is 1.63. The van der Waals surface area contributed by atoms with Crippen LogP contribution in [-0.4, -0.2) is 34.3 Å². The lowest BCUT2D eigenvalue weighted by molar-refractivity contribution is 0.0754. The van der Waals surface area contributed by atoms with E-state index in [1.54, 1.807) is 16.2 Å². The minimum atomic E-state index is -0.0894. The van der Waals surface area contributed by atoms with Gasteiger partial charge in [-0.2, -0.15) is 0 Å². The molecular formula is C23H21N3O4S. The number of carbonyl (C=O) groups is 1. The van der Waals surface area contributed by atoms with Crippen molar-refractivity contribution in [3.05, 3.63) is 58.1 Å². The number of pyridine rings is 1. The molecular weight excluding hydrogens is 414 g/mol. The van der Waals surface area contributed by atoms with E-state index in [0.29, 0.717) is 46.9 Å². The van der Waals surface area contributed by atoms with Gasteiger partial charge in [0.05, 0.1) is 27.2 Å². The van der Waals surface area contributed by atoms with Crippen LogP contribution in [0.25, 0.3) is 21.7 Å². The van der Waals surface area contributed by atoms with Gasteiger partial charge in [0, 0.05) is 18.0 Å². The van der Waals surface area contributed by atoms with Gasteiger partial charge in [-0.25, -0.2) is 4.98 Å². The van der Waals surface area contributed by atoms with Crippen molar-refractivity contribution in [2.75, 3.05) is 13.3 Å². The molecule has 1 aromatic carbocycles. The topological polar surface area (TPSA) is 77.7 Å². The fourth-order valence-electron chi connectivity index (χ4n) is 3.72. The molecule has 4 aromatic rings. The van der Waals surface area contributed by atoms with Gasteiger partial charge in [0.25, 0.3) is 11.6 Å². The standard InChI is InChI=1S/C23H21N3O4S/c1-4-26(11-15-6-7-18-19(9-15)29-12-28-18)23(27)16-10-17(20-8-5-13(2)31-20)24-22-21(16)14(3)25-30-22/h5-10H,4,11-12H2,1-3H3. The molecule has 3 aromatic heterocycles. The molecule has 31 heavy (non-hydrogen) atoms. The molecule has 0 aliphatic carbocycles. The Morgan fingerprint density at radius 3 is 2.74 bits per heavy atom. The molecule has 7 nitrogen and oxygen atoms in total. The molecule has 5 rings (SSSR count). The molecule has 0 fully saturated rings. The van der Waals surface area contributed by atoms with Crippen molar-refractivity contribution in [1.82, 2.24) is 15.0 Å². The smallest absolute Gasteiger partial charge is 0.259 e. The first kappa shape index (κ1) is 19.6. The minimum absolute atomic E-state index is 0.0894. The van der Waals surface area contributed by atoms with Gasteiger partial charge in [-0.05, 0) is 56.7 Å². The second-order valence-corrected chi connectivity index (χ2v) is 8.71. The lowest BCUT2D eigenvalue weighted by atomic mass is 10.1. The molecule has 0 unspecified atom stereocenters. The molecule has 0 saturated carbocycles. The molecule has 4 heterocycles. The molecule has 0 saturated heterocycles. The van der Waals surface area contributed by atoms with Crippen molar-refractivity contribution < 1.29 is 18.8 Å². The monoisotopic (exact) mass is 435 g/mol. The van der Waals surface area contributed by atoms with Crippen LogP contribution in [-0.2, 0) is 6.54 Å². The van der Waals surface area contributed by atoms with Crippen LogP contribution >= 0.6 is 11.3 Å². The van der Waals surface area contributed by atoms with Crippen LogP contribution < -0.4 is 9.47 Å². The molecule has 158 valence electrons. The van der Waals surface area contributed by atoms with Crippen molar-refractivity contribution in [2.45, 2.75) is 27.3 Å². The zero-order valence-electron chi connectivity index (χ0n) is 17.5. The Labute approximate surface area is 183 Å². The average molecular weight is 436 g/mol. The summed E-state index contributed by atoms with van der Waals surface area (Å²) in [6.45, 7) is 7.06. The fourth-order valence-corrected chi connectivity index (χ4v) is 4.55. The highest BCUT2D eigenvalue weighted by molar-refractivity contribution is 7.15. The van der Waals surface area contributed by atoms with Crippen molar-refractivity contribution in [2.24, 2.45) is 0 Å². The predicted molar refractivity (Wildman–Crippen MR) is 118 cm³/mol. The summed E-state index contributed by atoms with van der Waals surface area (Å²) in [6, 6.07) is 11.7. The van der Waals surface area contributed by atoms with Gasteiger partial charge in [0.15, 0.2) is 11.5 Å². The van der Waals surface area contributed by atoms with Gasteiger partial charge in [-0.1, -0.05) is 11.2 Å². The van der Waals surface area contributed by atoms with E-state index >= 15 is 0 Å². The average Bonchev–Trinajstić information content (AvgIpc) is 3.51. The van der Waals surface area contributed by atoms with Crippen LogP contribution in [0, 0.1) is 13.8 Å². The number of thiophene rings is 1. The van der Waals surface area contributed by atoms with Crippen LogP contribution in [0.3, 0.4) is 0 Å². The Morgan fingerprint density at radius 2 is 1.97 bits per heavy atom. The van der Waals surface area contributed by atoms with Crippen molar-refractivity contribution in [3.63, 3.8) is 0 Å². The summed E-state index contributed by atoms with van der Waals surface area (Å²) in [7, 11) is 0. The van der Waals surface area contributed by atoms with Crippen molar-refractivity contribution in [3.8, 4) is 22.1 Å². The highest BCUT2D eigenvalue weighted by atomic mass is 32.1. The Morgan fingerprint density at radius 1 is 1.13 bits per heavy atom. The van der Waals surface area contributed by atoms with E-state index in [1.807, 2.05) is 57.2 Å². The highest BCUT2D eigenvalue weighted by Crippen LogP contribution is 2.34. The van der Waals surface area contributed by atoms with E-state index in [0.717, 1.165) is 16.2 Å². The number of hydrogen-bond donors (Lipinski definition) is 0. The van der Waals surface area contributed by atoms with Crippen molar-refractivity contribution >= 4 is 28.3 Å². The SMILES string of the molecule is CCN(Cc1ccc2c(c1)OCO2)C(=O)c1cc(-c2ccc(C)s2)nc2onc(C)c12. The van der Waals surface area contributed by atoms with Gasteiger partial charge in [-0.15, -0.1) is 11.3 Å². The number of nitrogens with zero attached hydrogens (tertiary/aromatic N) is 3. The number of carbonyl (C=O) groups excluding carboxylic acids is 1. The second-order valence-electron chi connectivity index (χ2n) is 7.42. The third-order valence-electron chi connectivity index (χ3n) is 5.32. The number of amides is 1. The van der Waals surface area contributed by atoms with Gasteiger partial charge < -0.3 is 18.9 Å². The molecule has 0 spiro atoms. The molecule has 1 amide bonds. The van der Waals surface area contributed by atoms with Gasteiger partial charge in [-0.3, -0.25) is 4.79 Å². The zero-order chi connectivity index (χ0) is 21.5. The number of aryl methyl sites for hydroxylation is 2. The minimum Gasteiger partial charge on any atom is -0.454 e. The van der Waals surface area contributed by atoms with E-state index in [1.165, 1.54) is 4.88 Å². The first-order valence-electron chi connectivity index (χ1n) is 10.0. The second kappa shape index (κ2) is 7.70. The molecule has 1 aliphatic heterocycles. The number of benzene rings is 1. The Bertz CT molecular complexity index is 1290. The zero-order valence-corrected chi connectivity index (χ0v) is 18.3. The number of aromatic nitrogens is 2. The summed E-state index contributed by atoms with van der Waals surface area (Å²) in [5.41, 5.74) is 3.26. The Kier molecular flexibility index (Phi) is 4.86. The summed E-state index contributed by atoms with van der Waals surface area (Å²) in [5, 5.41) is 4.71. The lowest BCUT2D eigenvalue weighted by Crippen LogP contribution is -2.30. The summed E-state index contributed by atoms with van der Waals surface area (Å²) in [5.74, 6) is 1.34. The first-order valence-corrected chi connectivity index (χ1v) is 10.9. The maximum Gasteiger partial charge on any atom is 0.259 e. The maximum atomic E-state index is 13.6. The maximum absolute atomic E-state index is 13.6. The molecule has 0 radical (unpaired) electrons. The number of rotatable bonds is 5. The molecule has 0 bridgehead atoms. The lowest BCUT2D eigenvalue weighted by Gasteiger charge is -2.22. The largest absolute Gasteiger partial charge is 0.454 e. The Balaban J connectivity index is 1.53. The third kappa shape index (κ3) is 3.53. The van der Waals surface area contributed by atoms with Crippen LogP contribution in [0.2, 0.25) is 0 Å². The van der Waals surface area contributed by atoms with E-state index in [2.05, 4.69) is 10.1 Å². The molecule has 1 aliphatic rings. The van der Waals surface area contributed by atoms with Gasteiger partial charge in [0.1, 0.15) is 0 Å². The first-order chi connectivity index (χ1) is 15.0. The summed E-state index contributed by atoms with van der Waals surface area (Å²) < 4.78 is 16.3. The highest BCUT2D eigenvalue weighted by Gasteiger charge is 2.24. The fraction of sp³-hybridized carbons (Fsp3) is 0.261. The van der Waals surface area contributed by atoms with E-state index in [4.69, 9.17) is 14.0 Å². The molecule has 0 atom stereocenters. The summed E-state index contributed by atoms with van der Waals surface area (Å²) in [4.78, 5) is 22.2. The Hall–Kier alpha value is -3.39. The van der Waals surface area contributed by atoms with Crippen LogP contribution in [0.15, 0.2) is 40.9 Å². The third-order valence-corrected chi connectivity index (χ3v) is 6.34. The van der Waals surface area contributed by atoms with Crippen LogP contribution in [0.4, 0.5) is 0 Å². The summed E-state index contributed by atoms with van der Waals surface area (Å²) in [6.07, 6.45) is 0. The normalized spacial score (nSPS) is 12.5. The number of hydrogen-bond acceptors (Lipinski definition) is 7. The van der Waals surface area contributed by atoms with E-state index in [-0.39, 0.29) is 12.7 Å².